The second-order valence-corrected chi connectivity index (χ2v) is 9.25. The van der Waals surface area contributed by atoms with Crippen LogP contribution in [0, 0.1) is 0 Å². The lowest BCUT2D eigenvalue weighted by atomic mass is 9.82. The molecule has 0 aromatic carbocycles. The summed E-state index contributed by atoms with van der Waals surface area (Å²) in [6.45, 7) is 10.1. The van der Waals surface area contributed by atoms with Gasteiger partial charge in [0, 0.05) is 30.1 Å². The first-order valence-corrected chi connectivity index (χ1v) is 12.0. The van der Waals surface area contributed by atoms with Crippen LogP contribution in [0.5, 0.6) is 0 Å². The highest BCUT2D eigenvalue weighted by atomic mass is 35.5. The van der Waals surface area contributed by atoms with Crippen LogP contribution in [0.4, 0.5) is 5.82 Å². The number of likely N-dealkylation sites (tertiary alicyclic amines) is 1. The van der Waals surface area contributed by atoms with E-state index in [4.69, 9.17) is 21.1 Å². The number of morpholine rings is 1. The van der Waals surface area contributed by atoms with E-state index in [1.165, 1.54) is 43.5 Å². The summed E-state index contributed by atoms with van der Waals surface area (Å²) in [5.74, 6) is 0.965. The third-order valence-corrected chi connectivity index (χ3v) is 7.54. The second kappa shape index (κ2) is 10.7. The molecule has 2 aromatic rings. The summed E-state index contributed by atoms with van der Waals surface area (Å²) < 4.78 is 5.49. The van der Waals surface area contributed by atoms with Crippen LogP contribution < -0.4 is 10.6 Å². The lowest BCUT2D eigenvalue weighted by Gasteiger charge is -2.46. The van der Waals surface area contributed by atoms with E-state index >= 15 is 0 Å². The molecule has 4 heterocycles. The van der Waals surface area contributed by atoms with Gasteiger partial charge in [0.15, 0.2) is 0 Å². The first kappa shape index (κ1) is 23.2. The zero-order chi connectivity index (χ0) is 21.6. The third kappa shape index (κ3) is 5.04. The SMILES string of the molecule is CCC1(CC)CCCCN1Cc1cc2c(N3CCOCC3)nc(Cl)nc2s1.NC=O. The summed E-state index contributed by atoms with van der Waals surface area (Å²) in [7, 11) is 0. The first-order chi connectivity index (χ1) is 14.6. The number of primary amides is 1. The third-order valence-electron chi connectivity index (χ3n) is 6.36. The quantitative estimate of drug-likeness (QED) is 0.547. The number of amides is 1. The average molecular weight is 454 g/mol. The van der Waals surface area contributed by atoms with E-state index in [-0.39, 0.29) is 6.41 Å². The molecule has 2 aromatic heterocycles. The molecule has 0 atom stereocenters. The fourth-order valence-corrected chi connectivity index (χ4v) is 5.92. The number of nitrogens with two attached hydrogens (primary N) is 1. The number of hydrogen-bond acceptors (Lipinski definition) is 7. The van der Waals surface area contributed by atoms with E-state index in [0.717, 1.165) is 48.9 Å². The van der Waals surface area contributed by atoms with E-state index in [0.29, 0.717) is 10.8 Å². The van der Waals surface area contributed by atoms with Gasteiger partial charge in [-0.15, -0.1) is 11.3 Å². The van der Waals surface area contributed by atoms with Gasteiger partial charge in [0.1, 0.15) is 10.6 Å². The molecule has 2 saturated heterocycles. The van der Waals surface area contributed by atoms with Gasteiger partial charge in [0.2, 0.25) is 11.7 Å². The molecule has 2 fully saturated rings. The van der Waals surface area contributed by atoms with Crippen LogP contribution in [0.15, 0.2) is 6.07 Å². The molecule has 7 nitrogen and oxygen atoms in total. The Labute approximate surface area is 187 Å². The zero-order valence-corrected chi connectivity index (χ0v) is 19.5. The largest absolute Gasteiger partial charge is 0.378 e. The van der Waals surface area contributed by atoms with Gasteiger partial charge in [0.05, 0.1) is 18.6 Å². The Kier molecular flexibility index (Phi) is 8.27. The van der Waals surface area contributed by atoms with Crippen LogP contribution in [-0.2, 0) is 16.1 Å². The van der Waals surface area contributed by atoms with Crippen molar-refractivity contribution < 1.29 is 9.53 Å². The molecule has 30 heavy (non-hydrogen) atoms. The Morgan fingerprint density at radius 3 is 2.60 bits per heavy atom. The summed E-state index contributed by atoms with van der Waals surface area (Å²) in [5.41, 5.74) is 4.52. The standard InChI is InChI=1S/C20H29ClN4OS.CH3NO/c1-3-20(4-2)7-5-6-8-25(20)14-15-13-16-17(24-9-11-26-12-10-24)22-19(21)23-18(16)27-15;2-1-3/h13H,3-12,14H2,1-2H3;1H,(H2,2,3). The van der Waals surface area contributed by atoms with Crippen molar-refractivity contribution in [1.29, 1.82) is 0 Å². The summed E-state index contributed by atoms with van der Waals surface area (Å²) in [6, 6.07) is 2.30. The maximum absolute atomic E-state index is 8.58. The maximum atomic E-state index is 8.58. The molecular weight excluding hydrogens is 422 g/mol. The molecule has 4 rings (SSSR count). The van der Waals surface area contributed by atoms with Crippen LogP contribution in [-0.4, -0.2) is 59.7 Å². The van der Waals surface area contributed by atoms with Gasteiger partial charge >= 0.3 is 0 Å². The van der Waals surface area contributed by atoms with Crippen LogP contribution in [0.3, 0.4) is 0 Å². The van der Waals surface area contributed by atoms with Crippen molar-refractivity contribution in [3.8, 4) is 0 Å². The molecule has 0 saturated carbocycles. The number of ether oxygens (including phenoxy) is 1. The fraction of sp³-hybridized carbons (Fsp3) is 0.667. The van der Waals surface area contributed by atoms with E-state index in [1.54, 1.807) is 11.3 Å². The van der Waals surface area contributed by atoms with Crippen LogP contribution in [0.1, 0.15) is 50.8 Å². The minimum absolute atomic E-state index is 0.250. The summed E-state index contributed by atoms with van der Waals surface area (Å²) in [6.07, 6.45) is 6.66. The van der Waals surface area contributed by atoms with Gasteiger partial charge in [-0.1, -0.05) is 20.3 Å². The summed E-state index contributed by atoms with van der Waals surface area (Å²) in [5, 5.41) is 1.48. The molecule has 0 radical (unpaired) electrons. The van der Waals surface area contributed by atoms with E-state index in [2.05, 4.69) is 45.4 Å². The van der Waals surface area contributed by atoms with E-state index in [1.807, 2.05) is 0 Å². The minimum Gasteiger partial charge on any atom is -0.378 e. The number of rotatable bonds is 5. The Hall–Kier alpha value is -1.48. The van der Waals surface area contributed by atoms with Crippen molar-refractivity contribution in [2.75, 3.05) is 37.7 Å². The van der Waals surface area contributed by atoms with Gasteiger partial charge < -0.3 is 15.4 Å². The van der Waals surface area contributed by atoms with Gasteiger partial charge in [-0.05, 0) is 49.9 Å². The highest BCUT2D eigenvalue weighted by Crippen LogP contribution is 2.38. The predicted molar refractivity (Wildman–Crippen MR) is 123 cm³/mol. The Balaban J connectivity index is 0.000000806. The van der Waals surface area contributed by atoms with Crippen molar-refractivity contribution in [2.24, 2.45) is 5.73 Å². The number of carbonyl (C=O) groups is 1. The number of piperidine rings is 1. The number of thiophene rings is 1. The Morgan fingerprint density at radius 1 is 1.23 bits per heavy atom. The smallest absolute Gasteiger partial charge is 0.225 e. The maximum Gasteiger partial charge on any atom is 0.225 e. The topological polar surface area (TPSA) is 84.6 Å². The Bertz CT molecular complexity index is 836. The average Bonchev–Trinajstić information content (AvgIpc) is 3.17. The molecule has 1 amide bonds. The highest BCUT2D eigenvalue weighted by Gasteiger charge is 2.35. The normalized spacial score (nSPS) is 19.4. The summed E-state index contributed by atoms with van der Waals surface area (Å²) in [4.78, 5) is 25.0. The first-order valence-electron chi connectivity index (χ1n) is 10.8. The molecule has 0 unspecified atom stereocenters. The van der Waals surface area contributed by atoms with Crippen molar-refractivity contribution in [3.63, 3.8) is 0 Å². The molecular formula is C21H32ClN5O2S. The second-order valence-electron chi connectivity index (χ2n) is 7.79. The van der Waals surface area contributed by atoms with Gasteiger partial charge in [0.25, 0.3) is 0 Å². The van der Waals surface area contributed by atoms with Crippen molar-refractivity contribution in [2.45, 2.75) is 58.0 Å². The number of aromatic nitrogens is 2. The number of nitrogens with zero attached hydrogens (tertiary/aromatic N) is 4. The van der Waals surface area contributed by atoms with Crippen LogP contribution >= 0.6 is 22.9 Å². The van der Waals surface area contributed by atoms with Gasteiger partial charge in [-0.25, -0.2) is 4.98 Å². The number of halogens is 1. The Morgan fingerprint density at radius 2 is 1.93 bits per heavy atom. The van der Waals surface area contributed by atoms with Crippen LogP contribution in [0.25, 0.3) is 10.2 Å². The van der Waals surface area contributed by atoms with Crippen molar-refractivity contribution >= 4 is 45.4 Å². The number of fused-ring (bicyclic) bond motifs is 1. The predicted octanol–water partition coefficient (Wildman–Crippen LogP) is 3.83. The monoisotopic (exact) mass is 453 g/mol. The minimum atomic E-state index is 0.250. The molecule has 9 heteroatoms. The van der Waals surface area contributed by atoms with E-state index < -0.39 is 0 Å². The van der Waals surface area contributed by atoms with Crippen LogP contribution in [0.2, 0.25) is 5.28 Å². The number of carbonyl (C=O) groups excluding carboxylic acids is 1. The zero-order valence-electron chi connectivity index (χ0n) is 17.9. The highest BCUT2D eigenvalue weighted by molar-refractivity contribution is 7.18. The fourth-order valence-electron chi connectivity index (χ4n) is 4.66. The van der Waals surface area contributed by atoms with Gasteiger partial charge in [-0.3, -0.25) is 9.69 Å². The number of anilines is 1. The molecule has 2 aliphatic heterocycles. The molecule has 2 aliphatic rings. The van der Waals surface area contributed by atoms with E-state index in [9.17, 15) is 0 Å². The van der Waals surface area contributed by atoms with Crippen molar-refractivity contribution in [3.05, 3.63) is 16.2 Å². The summed E-state index contributed by atoms with van der Waals surface area (Å²) >= 11 is 8.02. The molecule has 0 bridgehead atoms. The van der Waals surface area contributed by atoms with Crippen molar-refractivity contribution in [1.82, 2.24) is 14.9 Å². The lowest BCUT2D eigenvalue weighted by molar-refractivity contribution is -0.106. The van der Waals surface area contributed by atoms with Gasteiger partial charge in [-0.2, -0.15) is 4.98 Å². The molecule has 0 spiro atoms. The molecule has 166 valence electrons. The number of hydrogen-bond donors (Lipinski definition) is 1. The molecule has 0 aliphatic carbocycles. The lowest BCUT2D eigenvalue weighted by Crippen LogP contribution is -2.50. The molecule has 2 N–H and O–H groups in total.